The van der Waals surface area contributed by atoms with Gasteiger partial charge in [-0.3, -0.25) is 9.36 Å². The minimum absolute atomic E-state index is 0.00574. The predicted octanol–water partition coefficient (Wildman–Crippen LogP) is 3.42. The fraction of sp³-hybridized carbons (Fsp3) is 0.250. The Morgan fingerprint density at radius 3 is 2.42 bits per heavy atom. The minimum Gasteiger partial charge on any atom is -0.355 e. The normalized spacial score (nSPS) is 11.9. The summed E-state index contributed by atoms with van der Waals surface area (Å²) in [5.41, 5.74) is 2.21. The van der Waals surface area contributed by atoms with Crippen molar-refractivity contribution in [2.45, 2.75) is 30.7 Å². The summed E-state index contributed by atoms with van der Waals surface area (Å²) < 4.78 is 1.97. The average Bonchev–Trinajstić information content (AvgIpc) is 3.03. The first-order chi connectivity index (χ1) is 12.6. The van der Waals surface area contributed by atoms with Crippen molar-refractivity contribution in [2.24, 2.45) is 0 Å². The Balaban J connectivity index is 1.59. The van der Waals surface area contributed by atoms with Crippen LogP contribution in [0.15, 0.2) is 65.8 Å². The molecule has 26 heavy (non-hydrogen) atoms. The number of carbonyl (C=O) groups is 1. The summed E-state index contributed by atoms with van der Waals surface area (Å²) in [4.78, 5) is 12.4. The fourth-order valence-corrected chi connectivity index (χ4v) is 3.56. The zero-order chi connectivity index (χ0) is 18.4. The van der Waals surface area contributed by atoms with Gasteiger partial charge >= 0.3 is 0 Å². The second kappa shape index (κ2) is 8.67. The number of thioether (sulfide) groups is 1. The highest BCUT2D eigenvalue weighted by atomic mass is 32.2. The van der Waals surface area contributed by atoms with E-state index in [2.05, 4.69) is 27.6 Å². The lowest BCUT2D eigenvalue weighted by Gasteiger charge is -2.13. The van der Waals surface area contributed by atoms with Gasteiger partial charge in [0, 0.05) is 12.2 Å². The number of rotatable bonds is 7. The van der Waals surface area contributed by atoms with Crippen LogP contribution in [-0.4, -0.2) is 32.5 Å². The Labute approximate surface area is 157 Å². The number of aryl methyl sites for hydroxylation is 1. The molecule has 6 heteroatoms. The average molecular weight is 366 g/mol. The van der Waals surface area contributed by atoms with Crippen LogP contribution in [0.4, 0.5) is 0 Å². The maximum absolute atomic E-state index is 12.4. The lowest BCUT2D eigenvalue weighted by atomic mass is 10.1. The highest BCUT2D eigenvalue weighted by molar-refractivity contribution is 8.00. The van der Waals surface area contributed by atoms with Crippen molar-refractivity contribution in [2.75, 3.05) is 6.54 Å². The van der Waals surface area contributed by atoms with Crippen LogP contribution in [0.3, 0.4) is 0 Å². The number of nitrogens with one attached hydrogen (secondary N) is 1. The fourth-order valence-electron chi connectivity index (χ4n) is 2.62. The molecule has 1 atom stereocenters. The Bertz CT molecular complexity index is 849. The highest BCUT2D eigenvalue weighted by Gasteiger charge is 2.19. The van der Waals surface area contributed by atoms with E-state index in [-0.39, 0.29) is 11.2 Å². The van der Waals surface area contributed by atoms with Gasteiger partial charge in [0.15, 0.2) is 5.16 Å². The molecule has 0 aliphatic carbocycles. The van der Waals surface area contributed by atoms with E-state index >= 15 is 0 Å². The van der Waals surface area contributed by atoms with Crippen LogP contribution in [0.1, 0.15) is 18.3 Å². The summed E-state index contributed by atoms with van der Waals surface area (Å²) in [5.74, 6) is 0.807. The number of aromatic nitrogens is 3. The molecule has 5 nitrogen and oxygen atoms in total. The molecule has 3 aromatic rings. The molecule has 0 aliphatic rings. The minimum atomic E-state index is -0.253. The van der Waals surface area contributed by atoms with E-state index in [1.54, 1.807) is 0 Å². The summed E-state index contributed by atoms with van der Waals surface area (Å²) in [6, 6.07) is 20.1. The van der Waals surface area contributed by atoms with Crippen LogP contribution in [0.5, 0.6) is 0 Å². The lowest BCUT2D eigenvalue weighted by Crippen LogP contribution is -2.32. The SMILES string of the molecule is Cc1nnc(S[C@H](C)C(=O)NCCc2ccccc2)n1-c1ccccc1. The van der Waals surface area contributed by atoms with E-state index in [4.69, 9.17) is 0 Å². The van der Waals surface area contributed by atoms with Gasteiger partial charge in [0.05, 0.1) is 5.25 Å². The van der Waals surface area contributed by atoms with Gasteiger partial charge in [-0.15, -0.1) is 10.2 Å². The smallest absolute Gasteiger partial charge is 0.233 e. The number of benzene rings is 2. The molecule has 134 valence electrons. The molecule has 1 heterocycles. The van der Waals surface area contributed by atoms with Crippen molar-refractivity contribution in [3.05, 3.63) is 72.1 Å². The summed E-state index contributed by atoms with van der Waals surface area (Å²) in [7, 11) is 0. The van der Waals surface area contributed by atoms with Crippen LogP contribution >= 0.6 is 11.8 Å². The van der Waals surface area contributed by atoms with Crippen molar-refractivity contribution in [1.82, 2.24) is 20.1 Å². The van der Waals surface area contributed by atoms with E-state index in [1.165, 1.54) is 17.3 Å². The van der Waals surface area contributed by atoms with Crippen molar-refractivity contribution in [3.63, 3.8) is 0 Å². The lowest BCUT2D eigenvalue weighted by molar-refractivity contribution is -0.120. The van der Waals surface area contributed by atoms with Crippen LogP contribution in [0, 0.1) is 6.92 Å². The van der Waals surface area contributed by atoms with Crippen molar-refractivity contribution in [1.29, 1.82) is 0 Å². The van der Waals surface area contributed by atoms with Crippen LogP contribution in [0.2, 0.25) is 0 Å². The number of hydrogen-bond acceptors (Lipinski definition) is 4. The Hall–Kier alpha value is -2.60. The van der Waals surface area contributed by atoms with E-state index < -0.39 is 0 Å². The number of hydrogen-bond donors (Lipinski definition) is 1. The molecule has 2 aromatic carbocycles. The summed E-state index contributed by atoms with van der Waals surface area (Å²) >= 11 is 1.42. The van der Waals surface area contributed by atoms with Crippen LogP contribution < -0.4 is 5.32 Å². The van der Waals surface area contributed by atoms with E-state index in [9.17, 15) is 4.79 Å². The molecule has 3 rings (SSSR count). The number of nitrogens with zero attached hydrogens (tertiary/aromatic N) is 3. The quantitative estimate of drug-likeness (QED) is 0.651. The van der Waals surface area contributed by atoms with Crippen molar-refractivity contribution < 1.29 is 4.79 Å². The standard InChI is InChI=1S/C20H22N4OS/c1-15(19(25)21-14-13-17-9-5-3-6-10-17)26-20-23-22-16(2)24(20)18-11-7-4-8-12-18/h3-12,15H,13-14H2,1-2H3,(H,21,25)/t15-/m1/s1. The summed E-state index contributed by atoms with van der Waals surface area (Å²) in [5, 5.41) is 11.9. The molecule has 0 spiro atoms. The molecule has 0 bridgehead atoms. The van der Waals surface area contributed by atoms with Gasteiger partial charge in [-0.2, -0.15) is 0 Å². The van der Waals surface area contributed by atoms with E-state index in [0.29, 0.717) is 6.54 Å². The van der Waals surface area contributed by atoms with E-state index in [0.717, 1.165) is 23.1 Å². The monoisotopic (exact) mass is 366 g/mol. The Morgan fingerprint density at radius 1 is 1.08 bits per heavy atom. The molecular weight excluding hydrogens is 344 g/mol. The zero-order valence-electron chi connectivity index (χ0n) is 14.9. The second-order valence-corrected chi connectivity index (χ2v) is 7.30. The molecule has 0 aliphatic heterocycles. The zero-order valence-corrected chi connectivity index (χ0v) is 15.7. The van der Waals surface area contributed by atoms with Gasteiger partial charge in [-0.25, -0.2) is 0 Å². The molecule has 1 N–H and O–H groups in total. The maximum atomic E-state index is 12.4. The molecule has 0 fully saturated rings. The third kappa shape index (κ3) is 4.52. The number of para-hydroxylation sites is 1. The number of carbonyl (C=O) groups excluding carboxylic acids is 1. The Kier molecular flexibility index (Phi) is 6.07. The highest BCUT2D eigenvalue weighted by Crippen LogP contribution is 2.25. The van der Waals surface area contributed by atoms with Crippen LogP contribution in [-0.2, 0) is 11.2 Å². The maximum Gasteiger partial charge on any atom is 0.233 e. The third-order valence-electron chi connectivity index (χ3n) is 4.02. The van der Waals surface area contributed by atoms with Crippen molar-refractivity contribution in [3.8, 4) is 5.69 Å². The van der Waals surface area contributed by atoms with Crippen molar-refractivity contribution >= 4 is 17.7 Å². The van der Waals surface area contributed by atoms with Crippen LogP contribution in [0.25, 0.3) is 5.69 Å². The molecular formula is C20H22N4OS. The van der Waals surface area contributed by atoms with Gasteiger partial charge in [0.25, 0.3) is 0 Å². The van der Waals surface area contributed by atoms with Gasteiger partial charge in [0.2, 0.25) is 5.91 Å². The van der Waals surface area contributed by atoms with Gasteiger partial charge < -0.3 is 5.32 Å². The molecule has 1 amide bonds. The van der Waals surface area contributed by atoms with E-state index in [1.807, 2.05) is 66.9 Å². The predicted molar refractivity (Wildman–Crippen MR) is 105 cm³/mol. The second-order valence-electron chi connectivity index (χ2n) is 5.99. The molecule has 0 saturated heterocycles. The first-order valence-corrected chi connectivity index (χ1v) is 9.49. The third-order valence-corrected chi connectivity index (χ3v) is 5.06. The van der Waals surface area contributed by atoms with Gasteiger partial charge in [-0.05, 0) is 38.0 Å². The molecule has 1 aromatic heterocycles. The van der Waals surface area contributed by atoms with Gasteiger partial charge in [0.1, 0.15) is 5.82 Å². The summed E-state index contributed by atoms with van der Waals surface area (Å²) in [6.07, 6.45) is 0.823. The first-order valence-electron chi connectivity index (χ1n) is 8.61. The first kappa shape index (κ1) is 18.2. The topological polar surface area (TPSA) is 59.8 Å². The summed E-state index contributed by atoms with van der Waals surface area (Å²) in [6.45, 7) is 4.43. The van der Waals surface area contributed by atoms with Gasteiger partial charge in [-0.1, -0.05) is 60.3 Å². The molecule has 0 saturated carbocycles. The number of amides is 1. The molecule has 0 unspecified atom stereocenters. The largest absolute Gasteiger partial charge is 0.355 e. The Morgan fingerprint density at radius 2 is 1.73 bits per heavy atom. The molecule has 0 radical (unpaired) electrons.